The van der Waals surface area contributed by atoms with Gasteiger partial charge in [-0.05, 0) is 34.1 Å². The number of carbonyl (C=O) groups is 1. The first-order valence-corrected chi connectivity index (χ1v) is 6.52. The standard InChI is InChI=1S/C14H13BrN2O2/c1-19-12-7-3-2-5-10(12)9-17-14(18)13-11(15)6-4-8-16-13/h2-8H,9H2,1H3,(H,17,18). The number of rotatable bonds is 4. The second-order valence-corrected chi connectivity index (χ2v) is 4.68. The summed E-state index contributed by atoms with van der Waals surface area (Å²) in [6.07, 6.45) is 1.59. The van der Waals surface area contributed by atoms with Crippen molar-refractivity contribution < 1.29 is 9.53 Å². The molecule has 2 rings (SSSR count). The molecule has 4 nitrogen and oxygen atoms in total. The van der Waals surface area contributed by atoms with Crippen molar-refractivity contribution in [3.63, 3.8) is 0 Å². The number of aromatic nitrogens is 1. The molecule has 1 aromatic heterocycles. The van der Waals surface area contributed by atoms with E-state index in [1.165, 1.54) is 0 Å². The van der Waals surface area contributed by atoms with Gasteiger partial charge >= 0.3 is 0 Å². The van der Waals surface area contributed by atoms with Crippen LogP contribution in [-0.4, -0.2) is 18.0 Å². The maximum Gasteiger partial charge on any atom is 0.271 e. The Kier molecular flexibility index (Phi) is 4.52. The summed E-state index contributed by atoms with van der Waals surface area (Å²) in [6.45, 7) is 0.395. The molecule has 0 spiro atoms. The van der Waals surface area contributed by atoms with Gasteiger partial charge in [0, 0.05) is 22.8 Å². The predicted octanol–water partition coefficient (Wildman–Crippen LogP) is 2.78. The predicted molar refractivity (Wildman–Crippen MR) is 76.1 cm³/mol. The number of nitrogens with one attached hydrogen (secondary N) is 1. The smallest absolute Gasteiger partial charge is 0.271 e. The first kappa shape index (κ1) is 13.5. The van der Waals surface area contributed by atoms with Gasteiger partial charge in [-0.2, -0.15) is 0 Å². The van der Waals surface area contributed by atoms with E-state index in [2.05, 4.69) is 26.2 Å². The van der Waals surface area contributed by atoms with E-state index < -0.39 is 0 Å². The first-order chi connectivity index (χ1) is 9.22. The van der Waals surface area contributed by atoms with Crippen molar-refractivity contribution in [3.8, 4) is 5.75 Å². The summed E-state index contributed by atoms with van der Waals surface area (Å²) in [4.78, 5) is 16.0. The molecule has 0 atom stereocenters. The Bertz CT molecular complexity index is 587. The molecule has 2 aromatic rings. The molecule has 0 bridgehead atoms. The van der Waals surface area contributed by atoms with Gasteiger partial charge in [-0.3, -0.25) is 4.79 Å². The lowest BCUT2D eigenvalue weighted by Crippen LogP contribution is -2.24. The highest BCUT2D eigenvalue weighted by molar-refractivity contribution is 9.10. The average molecular weight is 321 g/mol. The third-order valence-corrected chi connectivity index (χ3v) is 3.25. The van der Waals surface area contributed by atoms with Gasteiger partial charge in [0.15, 0.2) is 0 Å². The Morgan fingerprint density at radius 1 is 1.32 bits per heavy atom. The summed E-state index contributed by atoms with van der Waals surface area (Å²) in [6, 6.07) is 11.1. The first-order valence-electron chi connectivity index (χ1n) is 5.73. The minimum absolute atomic E-state index is 0.224. The minimum Gasteiger partial charge on any atom is -0.496 e. The quantitative estimate of drug-likeness (QED) is 0.942. The summed E-state index contributed by atoms with van der Waals surface area (Å²) in [5, 5.41) is 2.82. The van der Waals surface area contributed by atoms with E-state index in [9.17, 15) is 4.79 Å². The second kappa shape index (κ2) is 6.33. The Hall–Kier alpha value is -1.88. The highest BCUT2D eigenvalue weighted by Crippen LogP contribution is 2.17. The van der Waals surface area contributed by atoms with Crippen LogP contribution in [0.3, 0.4) is 0 Å². The van der Waals surface area contributed by atoms with E-state index in [4.69, 9.17) is 4.74 Å². The number of ether oxygens (including phenoxy) is 1. The van der Waals surface area contributed by atoms with Gasteiger partial charge in [0.05, 0.1) is 7.11 Å². The molecule has 0 saturated heterocycles. The Morgan fingerprint density at radius 3 is 2.84 bits per heavy atom. The summed E-state index contributed by atoms with van der Waals surface area (Å²) in [5.41, 5.74) is 1.29. The van der Waals surface area contributed by atoms with E-state index in [-0.39, 0.29) is 5.91 Å². The Balaban J connectivity index is 2.07. The highest BCUT2D eigenvalue weighted by Gasteiger charge is 2.11. The van der Waals surface area contributed by atoms with Gasteiger partial charge in [0.1, 0.15) is 11.4 Å². The Morgan fingerprint density at radius 2 is 2.11 bits per heavy atom. The molecule has 1 amide bonds. The lowest BCUT2D eigenvalue weighted by molar-refractivity contribution is 0.0945. The van der Waals surface area contributed by atoms with Crippen LogP contribution in [0.4, 0.5) is 0 Å². The van der Waals surface area contributed by atoms with Gasteiger partial charge < -0.3 is 10.1 Å². The Labute approximate surface area is 119 Å². The summed E-state index contributed by atoms with van der Waals surface area (Å²) in [7, 11) is 1.61. The molecule has 19 heavy (non-hydrogen) atoms. The monoisotopic (exact) mass is 320 g/mol. The lowest BCUT2D eigenvalue weighted by Gasteiger charge is -2.09. The summed E-state index contributed by atoms with van der Waals surface area (Å²) >= 11 is 3.30. The minimum atomic E-state index is -0.224. The molecule has 0 fully saturated rings. The fourth-order valence-corrected chi connectivity index (χ4v) is 2.10. The van der Waals surface area contributed by atoms with Crippen molar-refractivity contribution in [2.75, 3.05) is 7.11 Å². The number of nitrogens with zero attached hydrogens (tertiary/aromatic N) is 1. The van der Waals surface area contributed by atoms with Crippen molar-refractivity contribution in [1.29, 1.82) is 0 Å². The van der Waals surface area contributed by atoms with Crippen LogP contribution in [0.1, 0.15) is 16.1 Å². The van der Waals surface area contributed by atoms with Gasteiger partial charge in [0.2, 0.25) is 0 Å². The number of methoxy groups -OCH3 is 1. The zero-order valence-electron chi connectivity index (χ0n) is 10.4. The summed E-state index contributed by atoms with van der Waals surface area (Å²) < 4.78 is 5.90. The molecule has 98 valence electrons. The largest absolute Gasteiger partial charge is 0.496 e. The maximum atomic E-state index is 12.0. The van der Waals surface area contributed by atoms with Gasteiger partial charge in [-0.1, -0.05) is 18.2 Å². The SMILES string of the molecule is COc1ccccc1CNC(=O)c1ncccc1Br. The molecule has 1 aromatic carbocycles. The molecule has 0 unspecified atom stereocenters. The van der Waals surface area contributed by atoms with E-state index in [0.29, 0.717) is 16.7 Å². The molecule has 0 saturated carbocycles. The number of pyridine rings is 1. The number of hydrogen-bond acceptors (Lipinski definition) is 3. The number of halogens is 1. The molecule has 0 aliphatic rings. The molecule has 5 heteroatoms. The molecule has 1 N–H and O–H groups in total. The van der Waals surface area contributed by atoms with Gasteiger partial charge in [-0.25, -0.2) is 4.98 Å². The lowest BCUT2D eigenvalue weighted by atomic mass is 10.2. The number of amides is 1. The third-order valence-electron chi connectivity index (χ3n) is 2.61. The van der Waals surface area contributed by atoms with Crippen molar-refractivity contribution in [3.05, 3.63) is 58.3 Å². The van der Waals surface area contributed by atoms with Crippen LogP contribution in [0.25, 0.3) is 0 Å². The van der Waals surface area contributed by atoms with Crippen LogP contribution in [0.5, 0.6) is 5.75 Å². The van der Waals surface area contributed by atoms with Crippen LogP contribution in [0.2, 0.25) is 0 Å². The molecule has 0 aliphatic carbocycles. The fraction of sp³-hybridized carbons (Fsp3) is 0.143. The van der Waals surface area contributed by atoms with Crippen LogP contribution in [0, 0.1) is 0 Å². The highest BCUT2D eigenvalue weighted by atomic mass is 79.9. The average Bonchev–Trinajstić information content (AvgIpc) is 2.45. The zero-order valence-corrected chi connectivity index (χ0v) is 12.0. The third kappa shape index (κ3) is 3.32. The van der Waals surface area contributed by atoms with Crippen molar-refractivity contribution in [2.24, 2.45) is 0 Å². The van der Waals surface area contributed by atoms with Crippen LogP contribution in [-0.2, 0) is 6.54 Å². The summed E-state index contributed by atoms with van der Waals surface area (Å²) in [5.74, 6) is 0.529. The number of carbonyl (C=O) groups excluding carboxylic acids is 1. The van der Waals surface area contributed by atoms with Crippen LogP contribution in [0.15, 0.2) is 47.1 Å². The van der Waals surface area contributed by atoms with E-state index in [1.807, 2.05) is 24.3 Å². The number of para-hydroxylation sites is 1. The van der Waals surface area contributed by atoms with Crippen LogP contribution >= 0.6 is 15.9 Å². The van der Waals surface area contributed by atoms with Crippen molar-refractivity contribution in [1.82, 2.24) is 10.3 Å². The topological polar surface area (TPSA) is 51.2 Å². The molecular formula is C14H13BrN2O2. The van der Waals surface area contributed by atoms with Crippen molar-refractivity contribution in [2.45, 2.75) is 6.54 Å². The maximum absolute atomic E-state index is 12.0. The van der Waals surface area contributed by atoms with E-state index >= 15 is 0 Å². The number of benzene rings is 1. The molecular weight excluding hydrogens is 308 g/mol. The van der Waals surface area contributed by atoms with Gasteiger partial charge in [-0.15, -0.1) is 0 Å². The van der Waals surface area contributed by atoms with E-state index in [1.54, 1.807) is 25.4 Å². The molecule has 0 radical (unpaired) electrons. The normalized spacial score (nSPS) is 10.0. The molecule has 0 aliphatic heterocycles. The number of hydrogen-bond donors (Lipinski definition) is 1. The zero-order chi connectivity index (χ0) is 13.7. The van der Waals surface area contributed by atoms with Gasteiger partial charge in [0.25, 0.3) is 5.91 Å². The second-order valence-electron chi connectivity index (χ2n) is 3.83. The van der Waals surface area contributed by atoms with Crippen molar-refractivity contribution >= 4 is 21.8 Å². The molecule has 1 heterocycles. The van der Waals surface area contributed by atoms with Crippen LogP contribution < -0.4 is 10.1 Å². The fourth-order valence-electron chi connectivity index (χ4n) is 1.66. The van der Waals surface area contributed by atoms with E-state index in [0.717, 1.165) is 11.3 Å².